The molecule has 0 aromatic carbocycles. The van der Waals surface area contributed by atoms with Gasteiger partial charge in [0.2, 0.25) is 0 Å². The van der Waals surface area contributed by atoms with Crippen LogP contribution in [-0.4, -0.2) is 11.9 Å². The first kappa shape index (κ1) is 12.7. The second-order valence-electron chi connectivity index (χ2n) is 4.72. The average molecular weight is 300 g/mol. The molecule has 1 saturated carbocycles. The lowest BCUT2D eigenvalue weighted by Gasteiger charge is -2.28. The van der Waals surface area contributed by atoms with Crippen LogP contribution in [-0.2, 0) is 0 Å². The summed E-state index contributed by atoms with van der Waals surface area (Å²) in [5, 5.41) is 3.10. The molecule has 1 aromatic heterocycles. The van der Waals surface area contributed by atoms with Gasteiger partial charge in [0.05, 0.1) is 11.8 Å². The normalized spacial score (nSPS) is 24.6. The van der Waals surface area contributed by atoms with Crippen LogP contribution in [0.3, 0.4) is 0 Å². The Morgan fingerprint density at radius 3 is 3.06 bits per heavy atom. The number of hydrogen-bond acceptors (Lipinski definition) is 2. The minimum absolute atomic E-state index is 0.0348. The molecule has 1 aromatic rings. The molecule has 2 atom stereocenters. The Hall–Kier alpha value is -0.770. The van der Waals surface area contributed by atoms with Crippen molar-refractivity contribution in [3.8, 4) is 0 Å². The van der Waals surface area contributed by atoms with Gasteiger partial charge in [0.15, 0.2) is 4.67 Å². The molecule has 1 amide bonds. The zero-order valence-electron chi connectivity index (χ0n) is 10.0. The van der Waals surface area contributed by atoms with Crippen molar-refractivity contribution in [3.05, 3.63) is 22.6 Å². The lowest BCUT2D eigenvalue weighted by molar-refractivity contribution is 0.0917. The van der Waals surface area contributed by atoms with Gasteiger partial charge in [-0.2, -0.15) is 0 Å². The Labute approximate surface area is 110 Å². The average Bonchev–Trinajstić information content (AvgIpc) is 2.76. The highest BCUT2D eigenvalue weighted by atomic mass is 79.9. The van der Waals surface area contributed by atoms with Gasteiger partial charge in [0.25, 0.3) is 5.91 Å². The molecule has 1 aliphatic rings. The second kappa shape index (κ2) is 5.71. The minimum Gasteiger partial charge on any atom is -0.457 e. The van der Waals surface area contributed by atoms with E-state index in [4.69, 9.17) is 4.42 Å². The van der Waals surface area contributed by atoms with E-state index in [1.165, 1.54) is 25.5 Å². The molecule has 0 aliphatic heterocycles. The minimum atomic E-state index is -0.0348. The summed E-state index contributed by atoms with van der Waals surface area (Å²) in [6, 6.07) is 2.02. The van der Waals surface area contributed by atoms with Crippen molar-refractivity contribution in [3.63, 3.8) is 0 Å². The van der Waals surface area contributed by atoms with Gasteiger partial charge in [0.1, 0.15) is 0 Å². The summed E-state index contributed by atoms with van der Waals surface area (Å²) in [5.74, 6) is 0.731. The van der Waals surface area contributed by atoms with Crippen LogP contribution in [0.15, 0.2) is 21.4 Å². The van der Waals surface area contributed by atoms with Crippen LogP contribution in [0.1, 0.15) is 49.4 Å². The fourth-order valence-electron chi connectivity index (χ4n) is 2.51. The third-order valence-electron chi connectivity index (χ3n) is 3.56. The van der Waals surface area contributed by atoms with Crippen LogP contribution in [0, 0.1) is 5.92 Å². The number of hydrogen-bond donors (Lipinski definition) is 1. The van der Waals surface area contributed by atoms with Crippen LogP contribution in [0.25, 0.3) is 0 Å². The SMILES string of the molecule is CCC1CCCC(NC(=O)c2ccoc2Br)C1. The molecule has 94 valence electrons. The topological polar surface area (TPSA) is 42.2 Å². The Balaban J connectivity index is 1.93. The highest BCUT2D eigenvalue weighted by molar-refractivity contribution is 9.10. The summed E-state index contributed by atoms with van der Waals surface area (Å²) in [4.78, 5) is 12.0. The smallest absolute Gasteiger partial charge is 0.255 e. The van der Waals surface area contributed by atoms with Gasteiger partial charge >= 0.3 is 0 Å². The first-order valence-corrected chi connectivity index (χ1v) is 7.03. The van der Waals surface area contributed by atoms with E-state index in [9.17, 15) is 4.79 Å². The molecule has 1 heterocycles. The molecule has 0 bridgehead atoms. The quantitative estimate of drug-likeness (QED) is 0.924. The molecule has 4 heteroatoms. The van der Waals surface area contributed by atoms with E-state index in [1.807, 2.05) is 0 Å². The standard InChI is InChI=1S/C13H18BrNO2/c1-2-9-4-3-5-10(8-9)15-13(16)11-6-7-17-12(11)14/h6-7,9-10H,2-5,8H2,1H3,(H,15,16). The van der Waals surface area contributed by atoms with Crippen LogP contribution in [0.2, 0.25) is 0 Å². The highest BCUT2D eigenvalue weighted by Gasteiger charge is 2.23. The maximum absolute atomic E-state index is 12.0. The van der Waals surface area contributed by atoms with Crippen LogP contribution >= 0.6 is 15.9 Å². The van der Waals surface area contributed by atoms with Gasteiger partial charge in [-0.3, -0.25) is 4.79 Å². The van der Waals surface area contributed by atoms with Gasteiger partial charge in [-0.15, -0.1) is 0 Å². The van der Waals surface area contributed by atoms with Crippen molar-refractivity contribution in [1.29, 1.82) is 0 Å². The number of amides is 1. The summed E-state index contributed by atoms with van der Waals surface area (Å²) in [5.41, 5.74) is 0.587. The van der Waals surface area contributed by atoms with Crippen molar-refractivity contribution in [2.75, 3.05) is 0 Å². The van der Waals surface area contributed by atoms with E-state index in [0.717, 1.165) is 18.8 Å². The van der Waals surface area contributed by atoms with Gasteiger partial charge in [-0.05, 0) is 40.8 Å². The van der Waals surface area contributed by atoms with E-state index in [2.05, 4.69) is 28.2 Å². The molecule has 2 unspecified atom stereocenters. The molecule has 0 saturated heterocycles. The first-order chi connectivity index (χ1) is 8.20. The maximum atomic E-state index is 12.0. The molecule has 17 heavy (non-hydrogen) atoms. The lowest BCUT2D eigenvalue weighted by atomic mass is 9.84. The summed E-state index contributed by atoms with van der Waals surface area (Å²) >= 11 is 3.23. The molecule has 1 aliphatic carbocycles. The van der Waals surface area contributed by atoms with Gasteiger partial charge in [0, 0.05) is 6.04 Å². The van der Waals surface area contributed by atoms with Crippen molar-refractivity contribution < 1.29 is 9.21 Å². The number of rotatable bonds is 3. The summed E-state index contributed by atoms with van der Waals surface area (Å²) in [7, 11) is 0. The fraction of sp³-hybridized carbons (Fsp3) is 0.615. The number of carbonyl (C=O) groups is 1. The lowest BCUT2D eigenvalue weighted by Crippen LogP contribution is -2.38. The number of carbonyl (C=O) groups excluding carboxylic acids is 1. The van der Waals surface area contributed by atoms with Crippen LogP contribution in [0.5, 0.6) is 0 Å². The molecule has 1 fully saturated rings. The van der Waals surface area contributed by atoms with Crippen molar-refractivity contribution in [1.82, 2.24) is 5.32 Å². The molecule has 0 spiro atoms. The number of nitrogens with one attached hydrogen (secondary N) is 1. The number of furan rings is 1. The van der Waals surface area contributed by atoms with E-state index in [0.29, 0.717) is 16.3 Å². The predicted octanol–water partition coefficient (Wildman–Crippen LogP) is 3.74. The first-order valence-electron chi connectivity index (χ1n) is 6.24. The second-order valence-corrected chi connectivity index (χ2v) is 5.44. The van der Waals surface area contributed by atoms with Crippen molar-refractivity contribution in [2.24, 2.45) is 5.92 Å². The van der Waals surface area contributed by atoms with Crippen LogP contribution in [0.4, 0.5) is 0 Å². The molecule has 2 rings (SSSR count). The highest BCUT2D eigenvalue weighted by Crippen LogP contribution is 2.27. The summed E-state index contributed by atoms with van der Waals surface area (Å²) < 4.78 is 5.58. The summed E-state index contributed by atoms with van der Waals surface area (Å²) in [6.45, 7) is 2.22. The Kier molecular flexibility index (Phi) is 4.26. The number of halogens is 1. The Morgan fingerprint density at radius 1 is 1.59 bits per heavy atom. The largest absolute Gasteiger partial charge is 0.457 e. The van der Waals surface area contributed by atoms with Gasteiger partial charge in [-0.25, -0.2) is 0 Å². The zero-order chi connectivity index (χ0) is 12.3. The molecular weight excluding hydrogens is 282 g/mol. The van der Waals surface area contributed by atoms with Crippen molar-refractivity contribution >= 4 is 21.8 Å². The van der Waals surface area contributed by atoms with Gasteiger partial charge in [-0.1, -0.05) is 26.2 Å². The monoisotopic (exact) mass is 299 g/mol. The third-order valence-corrected chi connectivity index (χ3v) is 4.17. The zero-order valence-corrected chi connectivity index (χ0v) is 11.6. The maximum Gasteiger partial charge on any atom is 0.255 e. The van der Waals surface area contributed by atoms with Crippen molar-refractivity contribution in [2.45, 2.75) is 45.1 Å². The van der Waals surface area contributed by atoms with E-state index in [-0.39, 0.29) is 5.91 Å². The van der Waals surface area contributed by atoms with Crippen LogP contribution < -0.4 is 5.32 Å². The molecule has 0 radical (unpaired) electrons. The Morgan fingerprint density at radius 2 is 2.41 bits per heavy atom. The third kappa shape index (κ3) is 3.12. The van der Waals surface area contributed by atoms with E-state index < -0.39 is 0 Å². The van der Waals surface area contributed by atoms with E-state index in [1.54, 1.807) is 6.07 Å². The molecular formula is C13H18BrNO2. The molecule has 1 N–H and O–H groups in total. The fourth-order valence-corrected chi connectivity index (χ4v) is 2.93. The van der Waals surface area contributed by atoms with E-state index >= 15 is 0 Å². The summed E-state index contributed by atoms with van der Waals surface area (Å²) in [6.07, 6.45) is 7.46. The Bertz CT molecular complexity index is 389. The predicted molar refractivity (Wildman–Crippen MR) is 69.9 cm³/mol. The van der Waals surface area contributed by atoms with Gasteiger partial charge < -0.3 is 9.73 Å². The molecule has 3 nitrogen and oxygen atoms in total.